The first-order valence-electron chi connectivity index (χ1n) is 14.1. The quantitative estimate of drug-likeness (QED) is 0.190. The topological polar surface area (TPSA) is 76.1 Å². The van der Waals surface area contributed by atoms with Crippen molar-refractivity contribution in [3.8, 4) is 45.5 Å². The van der Waals surface area contributed by atoms with Gasteiger partial charge in [-0.15, -0.1) is 0 Å². The molecule has 7 heteroatoms. The third-order valence-corrected chi connectivity index (χ3v) is 8.62. The van der Waals surface area contributed by atoms with Gasteiger partial charge in [0.2, 0.25) is 0 Å². The Hall–Kier alpha value is -4.41. The molecule has 2 aromatic heterocycles. The predicted molar refractivity (Wildman–Crippen MR) is 166 cm³/mol. The second kappa shape index (κ2) is 10.4. The van der Waals surface area contributed by atoms with Crippen LogP contribution in [0.4, 0.5) is 0 Å². The van der Waals surface area contributed by atoms with Crippen LogP contribution in [0.2, 0.25) is 0 Å². The number of rotatable bonds is 2. The summed E-state index contributed by atoms with van der Waals surface area (Å²) >= 11 is 0. The molecular formula is C36H32N4O2Pt. The summed E-state index contributed by atoms with van der Waals surface area (Å²) in [5.74, 6) is 1.71. The Morgan fingerprint density at radius 2 is 1.09 bits per heavy atom. The van der Waals surface area contributed by atoms with Crippen LogP contribution in [0.5, 0.6) is 11.5 Å². The number of aromatic hydroxyl groups is 2. The number of phenolic OH excluding ortho intramolecular Hbond substituents is 2. The smallest absolute Gasteiger partial charge is 0.148 e. The first kappa shape index (κ1) is 28.7. The van der Waals surface area contributed by atoms with Gasteiger partial charge >= 0.3 is 0 Å². The maximum atomic E-state index is 11.9. The Bertz CT molecular complexity index is 1960. The van der Waals surface area contributed by atoms with Gasteiger partial charge in [0.25, 0.3) is 0 Å². The first-order valence-corrected chi connectivity index (χ1v) is 14.1. The van der Waals surface area contributed by atoms with E-state index in [0.29, 0.717) is 33.8 Å². The molecule has 0 aliphatic carbocycles. The molecule has 1 aliphatic rings. The van der Waals surface area contributed by atoms with Gasteiger partial charge in [-0.3, -0.25) is 4.57 Å². The van der Waals surface area contributed by atoms with Crippen molar-refractivity contribution >= 4 is 0 Å². The van der Waals surface area contributed by atoms with E-state index in [0.717, 1.165) is 22.9 Å². The van der Waals surface area contributed by atoms with E-state index in [-0.39, 0.29) is 32.6 Å². The zero-order valence-corrected chi connectivity index (χ0v) is 26.7. The fraction of sp³-hybridized carbons (Fsp3) is 0.167. The SMILES string of the molecule is CC1(C)c2cccc(c2O)-c2cn(-c3ccccc3)c(n2)C(C)(C)c2cn(-c3ccccc3)c(n2)-c2cccc1c2O.[Pt]. The summed E-state index contributed by atoms with van der Waals surface area (Å²) in [7, 11) is 0. The van der Waals surface area contributed by atoms with E-state index in [1.807, 2.05) is 116 Å². The fourth-order valence-corrected chi connectivity index (χ4v) is 6.14. The molecule has 218 valence electrons. The van der Waals surface area contributed by atoms with Crippen molar-refractivity contribution in [2.45, 2.75) is 38.5 Å². The molecule has 0 atom stereocenters. The average Bonchev–Trinajstić information content (AvgIpc) is 3.64. The Balaban J connectivity index is 0.00000329. The predicted octanol–water partition coefficient (Wildman–Crippen LogP) is 7.77. The minimum absolute atomic E-state index is 0. The van der Waals surface area contributed by atoms with E-state index in [2.05, 4.69) is 30.5 Å². The standard InChI is InChI=1S/C36H32N4O2.Pt/c1-35(2)27-19-11-17-25(31(27)41)29-21-40(24-15-9-6-10-16-24)34(37-29)36(3,4)30-22-39(23-13-7-5-8-14-23)33(38-30)26-18-12-20-28(35)32(26)42;/h5-22,41-42H,1-4H3;. The second-order valence-corrected chi connectivity index (χ2v) is 12.0. The molecule has 0 saturated heterocycles. The molecule has 0 radical (unpaired) electrons. The van der Waals surface area contributed by atoms with Crippen LogP contribution in [-0.4, -0.2) is 29.3 Å². The van der Waals surface area contributed by atoms with E-state index in [9.17, 15) is 10.2 Å². The van der Waals surface area contributed by atoms with Crippen molar-refractivity contribution in [3.05, 3.63) is 132 Å². The van der Waals surface area contributed by atoms with Gasteiger partial charge in [-0.2, -0.15) is 0 Å². The summed E-state index contributed by atoms with van der Waals surface area (Å²) in [5.41, 5.74) is 4.62. The van der Waals surface area contributed by atoms with Crippen LogP contribution in [0.15, 0.2) is 109 Å². The number of fused-ring (bicyclic) bond motifs is 10. The summed E-state index contributed by atoms with van der Waals surface area (Å²) < 4.78 is 4.13. The largest absolute Gasteiger partial charge is 0.507 e. The maximum absolute atomic E-state index is 11.9. The molecule has 4 aromatic carbocycles. The number of phenols is 2. The number of hydrogen-bond acceptors (Lipinski definition) is 4. The van der Waals surface area contributed by atoms with Crippen LogP contribution < -0.4 is 0 Å². The van der Waals surface area contributed by atoms with Crippen molar-refractivity contribution in [1.82, 2.24) is 19.1 Å². The van der Waals surface area contributed by atoms with E-state index < -0.39 is 10.8 Å². The van der Waals surface area contributed by atoms with Crippen LogP contribution in [-0.2, 0) is 31.9 Å². The van der Waals surface area contributed by atoms with Gasteiger partial charge < -0.3 is 14.8 Å². The average molecular weight is 748 g/mol. The number of aromatic nitrogens is 4. The molecule has 7 rings (SSSR count). The van der Waals surface area contributed by atoms with Gasteiger partial charge in [0.1, 0.15) is 23.1 Å². The van der Waals surface area contributed by atoms with Crippen LogP contribution in [0.1, 0.15) is 50.3 Å². The monoisotopic (exact) mass is 747 g/mol. The Morgan fingerprint density at radius 3 is 1.70 bits per heavy atom. The van der Waals surface area contributed by atoms with Crippen molar-refractivity contribution in [1.29, 1.82) is 0 Å². The molecule has 0 amide bonds. The molecule has 8 bridgehead atoms. The first-order chi connectivity index (χ1) is 20.2. The number of imidazole rings is 2. The maximum Gasteiger partial charge on any atom is 0.148 e. The van der Waals surface area contributed by atoms with Gasteiger partial charge in [-0.05, 0) is 50.2 Å². The molecule has 2 N–H and O–H groups in total. The van der Waals surface area contributed by atoms with Crippen molar-refractivity contribution in [3.63, 3.8) is 0 Å². The van der Waals surface area contributed by atoms with Crippen molar-refractivity contribution in [2.24, 2.45) is 0 Å². The zero-order valence-electron chi connectivity index (χ0n) is 24.4. The third-order valence-electron chi connectivity index (χ3n) is 8.62. The van der Waals surface area contributed by atoms with E-state index >= 15 is 0 Å². The molecule has 6 aromatic rings. The Kier molecular flexibility index (Phi) is 6.93. The molecule has 0 fully saturated rings. The molecule has 0 saturated carbocycles. The normalized spacial score (nSPS) is 14.4. The molecule has 6 nitrogen and oxygen atoms in total. The fourth-order valence-electron chi connectivity index (χ4n) is 6.14. The number of para-hydroxylation sites is 4. The van der Waals surface area contributed by atoms with Gasteiger partial charge in [-0.25, -0.2) is 9.97 Å². The zero-order chi connectivity index (χ0) is 29.2. The van der Waals surface area contributed by atoms with Crippen LogP contribution in [0, 0.1) is 0 Å². The van der Waals surface area contributed by atoms with Crippen molar-refractivity contribution < 1.29 is 31.3 Å². The summed E-state index contributed by atoms with van der Waals surface area (Å²) in [5, 5.41) is 23.7. The Morgan fingerprint density at radius 1 is 0.558 bits per heavy atom. The van der Waals surface area contributed by atoms with Gasteiger partial charge in [0, 0.05) is 66.9 Å². The summed E-state index contributed by atoms with van der Waals surface area (Å²) in [6.07, 6.45) is 4.04. The van der Waals surface area contributed by atoms with Crippen LogP contribution in [0.3, 0.4) is 0 Å². The van der Waals surface area contributed by atoms with Gasteiger partial charge in [0.05, 0.1) is 22.4 Å². The molecule has 0 spiro atoms. The summed E-state index contributed by atoms with van der Waals surface area (Å²) in [6.45, 7) is 8.26. The van der Waals surface area contributed by atoms with Crippen LogP contribution in [0.25, 0.3) is 34.0 Å². The van der Waals surface area contributed by atoms with E-state index in [1.54, 1.807) is 0 Å². The molecule has 43 heavy (non-hydrogen) atoms. The second-order valence-electron chi connectivity index (χ2n) is 12.0. The number of benzene rings is 4. The van der Waals surface area contributed by atoms with E-state index in [1.165, 1.54) is 0 Å². The summed E-state index contributed by atoms with van der Waals surface area (Å²) in [6, 6.07) is 31.7. The molecule has 3 heterocycles. The number of hydrogen-bond donors (Lipinski definition) is 2. The van der Waals surface area contributed by atoms with Gasteiger partial charge in [-0.1, -0.05) is 74.5 Å². The molecular weight excluding hydrogens is 716 g/mol. The Labute approximate surface area is 265 Å². The minimum Gasteiger partial charge on any atom is -0.507 e. The minimum atomic E-state index is -0.735. The summed E-state index contributed by atoms with van der Waals surface area (Å²) in [4.78, 5) is 10.4. The van der Waals surface area contributed by atoms with Crippen LogP contribution >= 0.6 is 0 Å². The molecule has 1 aliphatic heterocycles. The third kappa shape index (κ3) is 4.44. The number of nitrogens with zero attached hydrogens (tertiary/aromatic N) is 4. The molecule has 0 unspecified atom stereocenters. The van der Waals surface area contributed by atoms with Gasteiger partial charge in [0.15, 0.2) is 0 Å². The van der Waals surface area contributed by atoms with E-state index in [4.69, 9.17) is 9.97 Å². The van der Waals surface area contributed by atoms with Crippen molar-refractivity contribution in [2.75, 3.05) is 0 Å².